The fraction of sp³-hybridized carbons (Fsp3) is 0.615. The largest absolute Gasteiger partial charge is 0.488 e. The molecule has 1 aromatic rings. The van der Waals surface area contributed by atoms with Crippen LogP contribution >= 0.6 is 0 Å². The molecule has 24 heavy (non-hydrogen) atoms. The molecule has 0 radical (unpaired) electrons. The number of fused-ring (bicyclic) bond motifs is 1. The Kier molecular flexibility index (Phi) is 3.53. The molecule has 2 aliphatic carbocycles. The first-order chi connectivity index (χ1) is 10.8. The lowest BCUT2D eigenvalue weighted by atomic mass is 9.91. The van der Waals surface area contributed by atoms with E-state index in [9.17, 15) is 40.2 Å². The fourth-order valence-electron chi connectivity index (χ4n) is 2.77. The SMILES string of the molecule is O[C@H]1c2c(C(F)(F)F)ncc(OC3CC(F)(F)C3)c2[C@@H](F)C1(F)F. The molecule has 0 spiro atoms. The summed E-state index contributed by atoms with van der Waals surface area (Å²) < 4.78 is 110. The Balaban J connectivity index is 2.05. The Morgan fingerprint density at radius 1 is 1.12 bits per heavy atom. The molecular formula is C13H9F8NO2. The number of pyridine rings is 1. The van der Waals surface area contributed by atoms with Crippen LogP contribution in [0.5, 0.6) is 5.75 Å². The molecule has 3 nitrogen and oxygen atoms in total. The van der Waals surface area contributed by atoms with E-state index in [1.165, 1.54) is 0 Å². The Bertz CT molecular complexity index is 667. The molecule has 1 N–H and O–H groups in total. The van der Waals surface area contributed by atoms with Crippen LogP contribution in [-0.2, 0) is 6.18 Å². The second-order valence-corrected chi connectivity index (χ2v) is 5.74. The van der Waals surface area contributed by atoms with Crippen molar-refractivity contribution in [2.24, 2.45) is 0 Å². The smallest absolute Gasteiger partial charge is 0.433 e. The maximum atomic E-state index is 14.0. The lowest BCUT2D eigenvalue weighted by molar-refractivity contribution is -0.154. The molecule has 1 aromatic heterocycles. The summed E-state index contributed by atoms with van der Waals surface area (Å²) in [5, 5.41) is 9.43. The topological polar surface area (TPSA) is 42.4 Å². The fourth-order valence-corrected chi connectivity index (χ4v) is 2.77. The van der Waals surface area contributed by atoms with E-state index in [1.807, 2.05) is 0 Å². The first-order valence-corrected chi connectivity index (χ1v) is 6.69. The molecule has 0 aromatic carbocycles. The Hall–Kier alpha value is -1.65. The number of aliphatic hydroxyl groups is 1. The maximum absolute atomic E-state index is 14.0. The predicted octanol–water partition coefficient (Wildman–Crippen LogP) is 3.97. The normalized spacial score (nSPS) is 28.4. The van der Waals surface area contributed by atoms with Crippen LogP contribution < -0.4 is 4.74 Å². The molecule has 0 bridgehead atoms. The lowest BCUT2D eigenvalue weighted by Gasteiger charge is -2.35. The number of alkyl halides is 8. The van der Waals surface area contributed by atoms with E-state index in [2.05, 4.69) is 4.98 Å². The van der Waals surface area contributed by atoms with E-state index in [0.717, 1.165) is 0 Å². The summed E-state index contributed by atoms with van der Waals surface area (Å²) in [6.07, 6.45) is -13.9. The molecule has 0 amide bonds. The van der Waals surface area contributed by atoms with Crippen LogP contribution in [0, 0.1) is 0 Å². The zero-order valence-electron chi connectivity index (χ0n) is 11.6. The summed E-state index contributed by atoms with van der Waals surface area (Å²) in [6, 6.07) is 0. The van der Waals surface area contributed by atoms with Gasteiger partial charge in [-0.3, -0.25) is 0 Å². The lowest BCUT2D eigenvalue weighted by Crippen LogP contribution is -2.43. The van der Waals surface area contributed by atoms with Crippen molar-refractivity contribution < 1.29 is 45.0 Å². The van der Waals surface area contributed by atoms with E-state index >= 15 is 0 Å². The van der Waals surface area contributed by atoms with Crippen LogP contribution in [0.3, 0.4) is 0 Å². The van der Waals surface area contributed by atoms with Gasteiger partial charge in [0.25, 0.3) is 5.92 Å². The van der Waals surface area contributed by atoms with Crippen LogP contribution in [0.1, 0.15) is 41.9 Å². The number of nitrogens with zero attached hydrogens (tertiary/aromatic N) is 1. The van der Waals surface area contributed by atoms with Gasteiger partial charge in [-0.1, -0.05) is 0 Å². The zero-order chi connectivity index (χ0) is 18.1. The molecule has 0 unspecified atom stereocenters. The number of aliphatic hydroxyl groups excluding tert-OH is 1. The highest BCUT2D eigenvalue weighted by Gasteiger charge is 2.61. The van der Waals surface area contributed by atoms with E-state index < -0.39 is 71.8 Å². The van der Waals surface area contributed by atoms with Crippen LogP contribution in [0.2, 0.25) is 0 Å². The second kappa shape index (κ2) is 4.93. The van der Waals surface area contributed by atoms with Crippen molar-refractivity contribution in [2.45, 2.75) is 49.2 Å². The van der Waals surface area contributed by atoms with Crippen LogP contribution in [0.4, 0.5) is 35.1 Å². The number of rotatable bonds is 2. The van der Waals surface area contributed by atoms with E-state index in [1.54, 1.807) is 0 Å². The summed E-state index contributed by atoms with van der Waals surface area (Å²) in [5.74, 6) is -8.36. The minimum Gasteiger partial charge on any atom is -0.488 e. The zero-order valence-corrected chi connectivity index (χ0v) is 11.6. The molecule has 11 heteroatoms. The molecule has 3 rings (SSSR count). The number of ether oxygens (including phenoxy) is 1. The van der Waals surface area contributed by atoms with Gasteiger partial charge in [-0.15, -0.1) is 0 Å². The summed E-state index contributed by atoms with van der Waals surface area (Å²) in [7, 11) is 0. The molecule has 2 aliphatic rings. The van der Waals surface area contributed by atoms with Crippen LogP contribution in [0.15, 0.2) is 6.20 Å². The molecule has 2 atom stereocenters. The molecular weight excluding hydrogens is 354 g/mol. The molecule has 1 heterocycles. The first-order valence-electron chi connectivity index (χ1n) is 6.69. The molecule has 134 valence electrons. The summed E-state index contributed by atoms with van der Waals surface area (Å²) in [4.78, 5) is 2.92. The van der Waals surface area contributed by atoms with Gasteiger partial charge < -0.3 is 9.84 Å². The highest BCUT2D eigenvalue weighted by molar-refractivity contribution is 5.50. The number of hydrogen-bond acceptors (Lipinski definition) is 3. The minimum absolute atomic E-state index is 0.360. The van der Waals surface area contributed by atoms with Gasteiger partial charge in [0.15, 0.2) is 11.9 Å². The Morgan fingerprint density at radius 2 is 1.71 bits per heavy atom. The first kappa shape index (κ1) is 17.2. The van der Waals surface area contributed by atoms with Gasteiger partial charge in [-0.25, -0.2) is 18.2 Å². The third-order valence-electron chi connectivity index (χ3n) is 3.97. The van der Waals surface area contributed by atoms with Gasteiger partial charge in [0.05, 0.1) is 6.20 Å². The highest BCUT2D eigenvalue weighted by Crippen LogP contribution is 2.57. The van der Waals surface area contributed by atoms with Crippen molar-refractivity contribution in [1.29, 1.82) is 0 Å². The van der Waals surface area contributed by atoms with Crippen LogP contribution in [0.25, 0.3) is 0 Å². The van der Waals surface area contributed by atoms with E-state index in [4.69, 9.17) is 4.74 Å². The van der Waals surface area contributed by atoms with Gasteiger partial charge >= 0.3 is 12.1 Å². The monoisotopic (exact) mass is 363 g/mol. The molecule has 1 fully saturated rings. The van der Waals surface area contributed by atoms with Gasteiger partial charge in [0, 0.05) is 24.0 Å². The average molecular weight is 363 g/mol. The van der Waals surface area contributed by atoms with E-state index in [0.29, 0.717) is 6.20 Å². The minimum atomic E-state index is -5.22. The van der Waals surface area contributed by atoms with Crippen molar-refractivity contribution in [3.8, 4) is 5.75 Å². The number of halogens is 8. The number of hydrogen-bond donors (Lipinski definition) is 1. The Morgan fingerprint density at radius 3 is 2.21 bits per heavy atom. The van der Waals surface area contributed by atoms with Crippen LogP contribution in [-0.4, -0.2) is 28.0 Å². The van der Waals surface area contributed by atoms with Gasteiger partial charge in [-0.2, -0.15) is 22.0 Å². The van der Waals surface area contributed by atoms with Crippen molar-refractivity contribution >= 4 is 0 Å². The van der Waals surface area contributed by atoms with Crippen molar-refractivity contribution in [3.63, 3.8) is 0 Å². The van der Waals surface area contributed by atoms with Crippen molar-refractivity contribution in [2.75, 3.05) is 0 Å². The molecule has 0 aliphatic heterocycles. The standard InChI is InChI=1S/C13H9F8NO2/c14-8-6-5(24-4-1-11(15,16)2-4)3-22-9(13(19,20)21)7(6)10(23)12(8,17)18/h3-4,8,10,23H,1-2H2/t8-,10+/m1/s1. The quantitative estimate of drug-likeness (QED) is 0.809. The van der Waals surface area contributed by atoms with E-state index in [-0.39, 0.29) is 0 Å². The predicted molar refractivity (Wildman–Crippen MR) is 61.6 cm³/mol. The van der Waals surface area contributed by atoms with Gasteiger partial charge in [0.1, 0.15) is 18.0 Å². The Labute approximate surface area is 129 Å². The second-order valence-electron chi connectivity index (χ2n) is 5.74. The van der Waals surface area contributed by atoms with Crippen molar-refractivity contribution in [3.05, 3.63) is 23.0 Å². The van der Waals surface area contributed by atoms with Gasteiger partial charge in [-0.05, 0) is 0 Å². The highest BCUT2D eigenvalue weighted by atomic mass is 19.4. The van der Waals surface area contributed by atoms with Crippen molar-refractivity contribution in [1.82, 2.24) is 4.98 Å². The third-order valence-corrected chi connectivity index (χ3v) is 3.97. The third kappa shape index (κ3) is 2.49. The summed E-state index contributed by atoms with van der Waals surface area (Å²) >= 11 is 0. The molecule has 1 saturated carbocycles. The number of aromatic nitrogens is 1. The maximum Gasteiger partial charge on any atom is 0.433 e. The van der Waals surface area contributed by atoms with Gasteiger partial charge in [0.2, 0.25) is 0 Å². The summed E-state index contributed by atoms with van der Waals surface area (Å²) in [6.45, 7) is 0. The summed E-state index contributed by atoms with van der Waals surface area (Å²) in [5.41, 5.74) is -4.50. The molecule has 0 saturated heterocycles. The average Bonchev–Trinajstić information content (AvgIpc) is 2.58.